The van der Waals surface area contributed by atoms with E-state index >= 15 is 0 Å². The van der Waals surface area contributed by atoms with Gasteiger partial charge in [-0.1, -0.05) is 17.3 Å². The maximum atomic E-state index is 13.2. The van der Waals surface area contributed by atoms with Crippen LogP contribution in [0.15, 0.2) is 52.2 Å². The number of nitrogens with two attached hydrogens (primary N) is 1. The van der Waals surface area contributed by atoms with Gasteiger partial charge in [-0.3, -0.25) is 14.9 Å². The molecule has 1 amide bonds. The van der Waals surface area contributed by atoms with Gasteiger partial charge < -0.3 is 10.5 Å². The lowest BCUT2D eigenvalue weighted by atomic mass is 9.90. The SMILES string of the molecule is COc1ccc2c(c1)CCC/C2=N/NC(=O)c1nnn(-c2nonc2N)c1-c1cccc([N+](=O)[O-])c1. The van der Waals surface area contributed by atoms with Gasteiger partial charge in [-0.15, -0.1) is 5.10 Å². The Morgan fingerprint density at radius 3 is 2.86 bits per heavy atom. The number of nitrogen functional groups attached to an aromatic ring is 1. The van der Waals surface area contributed by atoms with Crippen LogP contribution in [0.3, 0.4) is 0 Å². The van der Waals surface area contributed by atoms with Crippen LogP contribution in [-0.4, -0.2) is 49.0 Å². The molecule has 0 spiro atoms. The van der Waals surface area contributed by atoms with E-state index in [9.17, 15) is 14.9 Å². The van der Waals surface area contributed by atoms with Gasteiger partial charge in [0.1, 0.15) is 11.4 Å². The van der Waals surface area contributed by atoms with Crippen molar-refractivity contribution in [1.82, 2.24) is 30.7 Å². The molecule has 14 nitrogen and oxygen atoms in total. The van der Waals surface area contributed by atoms with Gasteiger partial charge in [0.25, 0.3) is 11.6 Å². The number of rotatable bonds is 6. The number of nitrogens with one attached hydrogen (secondary N) is 1. The van der Waals surface area contributed by atoms with Crippen LogP contribution < -0.4 is 15.9 Å². The summed E-state index contributed by atoms with van der Waals surface area (Å²) in [6, 6.07) is 11.3. The summed E-state index contributed by atoms with van der Waals surface area (Å²) < 4.78 is 11.1. The van der Waals surface area contributed by atoms with E-state index in [0.717, 1.165) is 34.4 Å². The summed E-state index contributed by atoms with van der Waals surface area (Å²) in [5.74, 6) is -0.0534. The third kappa shape index (κ3) is 4.11. The highest BCUT2D eigenvalue weighted by Crippen LogP contribution is 2.29. The highest BCUT2D eigenvalue weighted by Gasteiger charge is 2.26. The molecule has 1 aliphatic rings. The molecule has 0 unspecified atom stereocenters. The molecule has 0 radical (unpaired) electrons. The molecule has 0 saturated carbocycles. The number of nitrogens with zero attached hydrogens (tertiary/aromatic N) is 7. The van der Waals surface area contributed by atoms with Gasteiger partial charge in [-0.05, 0) is 53.3 Å². The van der Waals surface area contributed by atoms with Crippen molar-refractivity contribution < 1.29 is 19.1 Å². The van der Waals surface area contributed by atoms with Crippen molar-refractivity contribution in [3.8, 4) is 22.8 Å². The number of benzene rings is 2. The minimum atomic E-state index is -0.675. The van der Waals surface area contributed by atoms with Gasteiger partial charge in [-0.2, -0.15) is 9.78 Å². The molecule has 1 aliphatic carbocycles. The zero-order chi connectivity index (χ0) is 25.2. The molecule has 0 atom stereocenters. The number of methoxy groups -OCH3 is 1. The van der Waals surface area contributed by atoms with Crippen molar-refractivity contribution in [3.63, 3.8) is 0 Å². The first-order valence-electron chi connectivity index (χ1n) is 10.8. The monoisotopic (exact) mass is 489 g/mol. The zero-order valence-electron chi connectivity index (χ0n) is 18.9. The van der Waals surface area contributed by atoms with Crippen LogP contribution in [0.1, 0.15) is 34.5 Å². The molecular weight excluding hydrogens is 470 g/mol. The summed E-state index contributed by atoms with van der Waals surface area (Å²) in [6.45, 7) is 0. The molecule has 0 fully saturated rings. The molecule has 4 aromatic rings. The van der Waals surface area contributed by atoms with Crippen molar-refractivity contribution in [3.05, 3.63) is 69.4 Å². The number of aryl methyl sites for hydroxylation is 1. The molecule has 2 aromatic heterocycles. The minimum Gasteiger partial charge on any atom is -0.497 e. The topological polar surface area (TPSA) is 189 Å². The summed E-state index contributed by atoms with van der Waals surface area (Å²) in [6.07, 6.45) is 2.41. The Hall–Kier alpha value is -5.14. The minimum absolute atomic E-state index is 0.0236. The van der Waals surface area contributed by atoms with Crippen LogP contribution in [-0.2, 0) is 6.42 Å². The number of aromatic nitrogens is 5. The van der Waals surface area contributed by atoms with Gasteiger partial charge in [0.15, 0.2) is 5.69 Å². The molecule has 3 N–H and O–H groups in total. The van der Waals surface area contributed by atoms with E-state index in [1.165, 1.54) is 18.2 Å². The Labute approximate surface area is 202 Å². The fourth-order valence-corrected chi connectivity index (χ4v) is 4.00. The average molecular weight is 489 g/mol. The average Bonchev–Trinajstić information content (AvgIpc) is 3.52. The van der Waals surface area contributed by atoms with Crippen LogP contribution in [0.5, 0.6) is 5.75 Å². The second kappa shape index (κ2) is 9.25. The second-order valence-corrected chi connectivity index (χ2v) is 7.86. The Bertz CT molecular complexity index is 1510. The fourth-order valence-electron chi connectivity index (χ4n) is 4.00. The van der Waals surface area contributed by atoms with Crippen LogP contribution >= 0.6 is 0 Å². The number of hydrogen-bond acceptors (Lipinski definition) is 11. The number of nitro groups is 1. The van der Waals surface area contributed by atoms with E-state index < -0.39 is 10.8 Å². The van der Waals surface area contributed by atoms with Crippen molar-refractivity contribution >= 4 is 23.1 Å². The van der Waals surface area contributed by atoms with Gasteiger partial charge in [0.05, 0.1) is 17.7 Å². The molecule has 0 saturated heterocycles. The Kier molecular flexibility index (Phi) is 5.82. The molecule has 14 heteroatoms. The lowest BCUT2D eigenvalue weighted by molar-refractivity contribution is -0.384. The van der Waals surface area contributed by atoms with E-state index in [4.69, 9.17) is 10.5 Å². The van der Waals surface area contributed by atoms with Crippen molar-refractivity contribution in [2.75, 3.05) is 12.8 Å². The second-order valence-electron chi connectivity index (χ2n) is 7.86. The van der Waals surface area contributed by atoms with Gasteiger partial charge in [-0.25, -0.2) is 10.1 Å². The predicted molar refractivity (Wildman–Crippen MR) is 126 cm³/mol. The molecule has 5 rings (SSSR count). The third-order valence-electron chi connectivity index (χ3n) is 5.69. The summed E-state index contributed by atoms with van der Waals surface area (Å²) in [4.78, 5) is 24.0. The number of ether oxygens (including phenoxy) is 1. The van der Waals surface area contributed by atoms with Crippen molar-refractivity contribution in [2.24, 2.45) is 5.10 Å². The van der Waals surface area contributed by atoms with E-state index in [2.05, 4.69) is 35.8 Å². The number of hydrazone groups is 1. The molecule has 2 heterocycles. The fraction of sp³-hybridized carbons (Fsp3) is 0.182. The molecular formula is C22H19N9O5. The number of amides is 1. The maximum Gasteiger partial charge on any atom is 0.294 e. The first-order valence-corrected chi connectivity index (χ1v) is 10.8. The lowest BCUT2D eigenvalue weighted by Gasteiger charge is -2.18. The molecule has 182 valence electrons. The first kappa shape index (κ1) is 22.6. The van der Waals surface area contributed by atoms with Gasteiger partial charge in [0.2, 0.25) is 11.6 Å². The maximum absolute atomic E-state index is 13.2. The number of fused-ring (bicyclic) bond motifs is 1. The normalized spacial score (nSPS) is 13.9. The summed E-state index contributed by atoms with van der Waals surface area (Å²) in [7, 11) is 1.61. The summed E-state index contributed by atoms with van der Waals surface area (Å²) in [5.41, 5.74) is 11.1. The number of hydrogen-bond donors (Lipinski definition) is 2. The largest absolute Gasteiger partial charge is 0.497 e. The first-order chi connectivity index (χ1) is 17.5. The van der Waals surface area contributed by atoms with Crippen LogP contribution in [0, 0.1) is 10.1 Å². The number of non-ortho nitro benzene ring substituents is 1. The molecule has 36 heavy (non-hydrogen) atoms. The smallest absolute Gasteiger partial charge is 0.294 e. The van der Waals surface area contributed by atoms with E-state index in [-0.39, 0.29) is 34.3 Å². The third-order valence-corrected chi connectivity index (χ3v) is 5.69. The summed E-state index contributed by atoms with van der Waals surface area (Å²) in [5, 5.41) is 30.9. The number of carbonyl (C=O) groups excluding carboxylic acids is 1. The highest BCUT2D eigenvalue weighted by atomic mass is 16.6. The Balaban J connectivity index is 1.53. The lowest BCUT2D eigenvalue weighted by Crippen LogP contribution is -2.23. The summed E-state index contributed by atoms with van der Waals surface area (Å²) >= 11 is 0. The van der Waals surface area contributed by atoms with Crippen molar-refractivity contribution in [1.29, 1.82) is 0 Å². The van der Waals surface area contributed by atoms with Crippen molar-refractivity contribution in [2.45, 2.75) is 19.3 Å². The number of anilines is 1. The highest BCUT2D eigenvalue weighted by molar-refractivity contribution is 6.04. The standard InChI is InChI=1S/C22H19N9O5/c1-35-15-8-9-16-12(11-15)4-3-7-17(16)24-26-22(32)18-19(13-5-2-6-14(10-13)31(33)34)30(29-25-18)21-20(23)27-36-28-21/h2,5-6,8-11H,3-4,7H2,1H3,(H2,23,27)(H,26,32)/b24-17-. The van der Waals surface area contributed by atoms with E-state index in [1.54, 1.807) is 13.2 Å². The van der Waals surface area contributed by atoms with Gasteiger partial charge in [0, 0.05) is 23.3 Å². The Morgan fingerprint density at radius 1 is 1.25 bits per heavy atom. The van der Waals surface area contributed by atoms with Crippen LogP contribution in [0.2, 0.25) is 0 Å². The van der Waals surface area contributed by atoms with Crippen LogP contribution in [0.4, 0.5) is 11.5 Å². The number of carbonyl (C=O) groups is 1. The number of nitro benzene ring substituents is 1. The van der Waals surface area contributed by atoms with E-state index in [1.807, 2.05) is 18.2 Å². The molecule has 0 bridgehead atoms. The quantitative estimate of drug-likeness (QED) is 0.300. The predicted octanol–water partition coefficient (Wildman–Crippen LogP) is 2.29. The molecule has 0 aliphatic heterocycles. The Morgan fingerprint density at radius 2 is 2.11 bits per heavy atom. The van der Waals surface area contributed by atoms with Crippen LogP contribution in [0.25, 0.3) is 17.1 Å². The zero-order valence-corrected chi connectivity index (χ0v) is 18.9. The molecule has 2 aromatic carbocycles. The van der Waals surface area contributed by atoms with Gasteiger partial charge >= 0.3 is 0 Å². The van der Waals surface area contributed by atoms with E-state index in [0.29, 0.717) is 12.1 Å².